The van der Waals surface area contributed by atoms with Gasteiger partial charge in [-0.1, -0.05) is 0 Å². The lowest BCUT2D eigenvalue weighted by Gasteiger charge is -2.09. The van der Waals surface area contributed by atoms with Gasteiger partial charge in [0.25, 0.3) is 0 Å². The predicted octanol–water partition coefficient (Wildman–Crippen LogP) is 3.49. The zero-order valence-electron chi connectivity index (χ0n) is 11.7. The maximum absolute atomic E-state index is 11.8. The molecule has 2 rings (SSSR count). The van der Waals surface area contributed by atoms with E-state index in [1.165, 1.54) is 0 Å². The van der Waals surface area contributed by atoms with Gasteiger partial charge in [0, 0.05) is 30.2 Å². The fraction of sp³-hybridized carbons (Fsp3) is 0.400. The molecule has 5 heteroatoms. The Bertz CT molecular complexity index is 576. The molecule has 0 saturated carbocycles. The Morgan fingerprint density at radius 2 is 2.15 bits per heavy atom. The van der Waals surface area contributed by atoms with Crippen molar-refractivity contribution in [3.8, 4) is 5.75 Å². The topological polar surface area (TPSA) is 44.8 Å². The minimum atomic E-state index is -0.315. The molecule has 0 bridgehead atoms. The van der Waals surface area contributed by atoms with Crippen LogP contribution in [-0.2, 0) is 9.47 Å². The maximum Gasteiger partial charge on any atom is 0.338 e. The summed E-state index contributed by atoms with van der Waals surface area (Å²) in [5.41, 5.74) is 0.531. The van der Waals surface area contributed by atoms with Crippen LogP contribution >= 0.6 is 11.3 Å². The molecule has 4 nitrogen and oxygen atoms in total. The molecule has 20 heavy (non-hydrogen) atoms. The van der Waals surface area contributed by atoms with E-state index in [1.54, 1.807) is 31.4 Å². The van der Waals surface area contributed by atoms with Crippen molar-refractivity contribution in [1.29, 1.82) is 0 Å². The van der Waals surface area contributed by atoms with Crippen molar-refractivity contribution < 1.29 is 19.0 Å². The monoisotopic (exact) mass is 294 g/mol. The van der Waals surface area contributed by atoms with Crippen LogP contribution in [-0.4, -0.2) is 32.9 Å². The molecular formula is C15H18O4S. The zero-order chi connectivity index (χ0) is 14.4. The largest absolute Gasteiger partial charge is 0.493 e. The van der Waals surface area contributed by atoms with Gasteiger partial charge >= 0.3 is 5.97 Å². The van der Waals surface area contributed by atoms with Gasteiger partial charge in [0.05, 0.1) is 18.8 Å². The van der Waals surface area contributed by atoms with Gasteiger partial charge in [0.2, 0.25) is 0 Å². The molecule has 1 aromatic heterocycles. The number of hydrogen-bond donors (Lipinski definition) is 0. The second kappa shape index (κ2) is 7.26. The van der Waals surface area contributed by atoms with Gasteiger partial charge in [0.1, 0.15) is 5.75 Å². The molecule has 0 amide bonds. The molecule has 2 aromatic rings. The minimum Gasteiger partial charge on any atom is -0.493 e. The summed E-state index contributed by atoms with van der Waals surface area (Å²) >= 11 is 1.58. The predicted molar refractivity (Wildman–Crippen MR) is 79.8 cm³/mol. The first-order valence-electron chi connectivity index (χ1n) is 6.56. The summed E-state index contributed by atoms with van der Waals surface area (Å²) in [6.45, 7) is 3.38. The number of benzene rings is 1. The van der Waals surface area contributed by atoms with Crippen LogP contribution in [0.4, 0.5) is 0 Å². The second-order valence-corrected chi connectivity index (χ2v) is 5.17. The number of carbonyl (C=O) groups excluding carboxylic acids is 1. The second-order valence-electron chi connectivity index (χ2n) is 4.22. The summed E-state index contributed by atoms with van der Waals surface area (Å²) < 4.78 is 16.8. The van der Waals surface area contributed by atoms with Crippen LogP contribution < -0.4 is 4.74 Å². The number of hydrogen-bond acceptors (Lipinski definition) is 5. The van der Waals surface area contributed by atoms with Crippen LogP contribution in [0.5, 0.6) is 5.75 Å². The first-order valence-corrected chi connectivity index (χ1v) is 7.44. The SMILES string of the molecule is CCOC(=O)c1cc(OCCCOC)c2ccsc2c1. The highest BCUT2D eigenvalue weighted by molar-refractivity contribution is 7.17. The number of carbonyl (C=O) groups is 1. The van der Waals surface area contributed by atoms with Crippen molar-refractivity contribution in [2.75, 3.05) is 26.9 Å². The Morgan fingerprint density at radius 3 is 2.90 bits per heavy atom. The molecule has 0 unspecified atom stereocenters. The van der Waals surface area contributed by atoms with Crippen LogP contribution in [0.2, 0.25) is 0 Å². The average Bonchev–Trinajstić information content (AvgIpc) is 2.92. The summed E-state index contributed by atoms with van der Waals surface area (Å²) in [5, 5.41) is 3.02. The highest BCUT2D eigenvalue weighted by atomic mass is 32.1. The molecular weight excluding hydrogens is 276 g/mol. The number of thiophene rings is 1. The van der Waals surface area contributed by atoms with Crippen LogP contribution in [0.3, 0.4) is 0 Å². The summed E-state index contributed by atoms with van der Waals surface area (Å²) in [5.74, 6) is 0.410. The lowest BCUT2D eigenvalue weighted by atomic mass is 10.1. The van der Waals surface area contributed by atoms with Crippen molar-refractivity contribution in [1.82, 2.24) is 0 Å². The molecule has 0 N–H and O–H groups in total. The first-order chi connectivity index (χ1) is 9.76. The van der Waals surface area contributed by atoms with Gasteiger partial charge in [-0.05, 0) is 30.5 Å². The Kier molecular flexibility index (Phi) is 5.38. The van der Waals surface area contributed by atoms with E-state index in [-0.39, 0.29) is 5.97 Å². The van der Waals surface area contributed by atoms with E-state index >= 15 is 0 Å². The summed E-state index contributed by atoms with van der Waals surface area (Å²) in [7, 11) is 1.67. The lowest BCUT2D eigenvalue weighted by Crippen LogP contribution is -2.06. The maximum atomic E-state index is 11.8. The third-order valence-corrected chi connectivity index (χ3v) is 3.66. The summed E-state index contributed by atoms with van der Waals surface area (Å²) in [6.07, 6.45) is 0.811. The third kappa shape index (κ3) is 3.49. The van der Waals surface area contributed by atoms with Crippen LogP contribution in [0, 0.1) is 0 Å². The van der Waals surface area contributed by atoms with Gasteiger partial charge in [-0.3, -0.25) is 0 Å². The third-order valence-electron chi connectivity index (χ3n) is 2.80. The van der Waals surface area contributed by atoms with E-state index in [1.807, 2.05) is 17.5 Å². The van der Waals surface area contributed by atoms with E-state index in [0.29, 0.717) is 25.4 Å². The molecule has 0 aliphatic heterocycles. The number of fused-ring (bicyclic) bond motifs is 1. The Morgan fingerprint density at radius 1 is 1.30 bits per heavy atom. The molecule has 108 valence electrons. The quantitative estimate of drug-likeness (QED) is 0.579. The number of methoxy groups -OCH3 is 1. The molecule has 0 aliphatic carbocycles. The molecule has 0 saturated heterocycles. The summed E-state index contributed by atoms with van der Waals surface area (Å²) in [6, 6.07) is 5.60. The van der Waals surface area contributed by atoms with Crippen molar-refractivity contribution in [2.45, 2.75) is 13.3 Å². The Hall–Kier alpha value is -1.59. The minimum absolute atomic E-state index is 0.315. The molecule has 1 aromatic carbocycles. The van der Waals surface area contributed by atoms with E-state index in [2.05, 4.69) is 0 Å². The van der Waals surface area contributed by atoms with Gasteiger partial charge in [-0.2, -0.15) is 0 Å². The van der Waals surface area contributed by atoms with Crippen LogP contribution in [0.25, 0.3) is 10.1 Å². The molecule has 1 heterocycles. The highest BCUT2D eigenvalue weighted by Gasteiger charge is 2.12. The Balaban J connectivity index is 2.21. The van der Waals surface area contributed by atoms with Gasteiger partial charge in [-0.25, -0.2) is 4.79 Å². The van der Waals surface area contributed by atoms with Gasteiger partial charge in [-0.15, -0.1) is 11.3 Å². The van der Waals surface area contributed by atoms with E-state index in [9.17, 15) is 4.79 Å². The lowest BCUT2D eigenvalue weighted by molar-refractivity contribution is 0.0526. The molecule has 0 fully saturated rings. The average molecular weight is 294 g/mol. The molecule has 0 atom stereocenters. The molecule has 0 aliphatic rings. The van der Waals surface area contributed by atoms with E-state index < -0.39 is 0 Å². The number of ether oxygens (including phenoxy) is 3. The molecule has 0 radical (unpaired) electrons. The number of rotatable bonds is 7. The molecule has 0 spiro atoms. The van der Waals surface area contributed by atoms with E-state index in [0.717, 1.165) is 22.3 Å². The smallest absolute Gasteiger partial charge is 0.338 e. The number of esters is 1. The van der Waals surface area contributed by atoms with Crippen molar-refractivity contribution in [3.63, 3.8) is 0 Å². The van der Waals surface area contributed by atoms with E-state index in [4.69, 9.17) is 14.2 Å². The fourth-order valence-electron chi connectivity index (χ4n) is 1.88. The summed E-state index contributed by atoms with van der Waals surface area (Å²) in [4.78, 5) is 11.8. The first kappa shape index (κ1) is 14.8. The van der Waals surface area contributed by atoms with Gasteiger partial charge < -0.3 is 14.2 Å². The fourth-order valence-corrected chi connectivity index (χ4v) is 2.72. The van der Waals surface area contributed by atoms with Crippen LogP contribution in [0.15, 0.2) is 23.6 Å². The highest BCUT2D eigenvalue weighted by Crippen LogP contribution is 2.32. The van der Waals surface area contributed by atoms with Crippen molar-refractivity contribution in [2.24, 2.45) is 0 Å². The van der Waals surface area contributed by atoms with Crippen LogP contribution in [0.1, 0.15) is 23.7 Å². The van der Waals surface area contributed by atoms with Crippen molar-refractivity contribution in [3.05, 3.63) is 29.1 Å². The zero-order valence-corrected chi connectivity index (χ0v) is 12.5. The normalized spacial score (nSPS) is 10.7. The van der Waals surface area contributed by atoms with Gasteiger partial charge in [0.15, 0.2) is 0 Å². The Labute approximate surface area is 122 Å². The standard InChI is InChI=1S/C15H18O4S/c1-3-18-15(16)11-9-13(19-7-4-6-17-2)12-5-8-20-14(12)10-11/h5,8-10H,3-4,6-7H2,1-2H3. The van der Waals surface area contributed by atoms with Crippen molar-refractivity contribution >= 4 is 27.4 Å².